The molecule has 1 saturated heterocycles. The number of carbonyl (C=O) groups is 3. The minimum Gasteiger partial charge on any atom is -0.324 e. The zero-order valence-electron chi connectivity index (χ0n) is 20.5. The van der Waals surface area contributed by atoms with Gasteiger partial charge in [-0.25, -0.2) is 4.90 Å². The van der Waals surface area contributed by atoms with Crippen LogP contribution in [-0.4, -0.2) is 27.5 Å². The number of para-hydroxylation sites is 1. The van der Waals surface area contributed by atoms with Crippen molar-refractivity contribution in [3.05, 3.63) is 74.2 Å². The van der Waals surface area contributed by atoms with Gasteiger partial charge in [0.2, 0.25) is 17.7 Å². The van der Waals surface area contributed by atoms with Crippen LogP contribution in [0.15, 0.2) is 58.4 Å². The molecule has 12 heteroatoms. The Morgan fingerprint density at radius 2 is 1.68 bits per heavy atom. The number of nitrogens with one attached hydrogen (secondary N) is 1. The van der Waals surface area contributed by atoms with E-state index in [4.69, 9.17) is 0 Å². The monoisotopic (exact) mass is 561 g/mol. The number of halogens is 3. The Labute approximate surface area is 223 Å². The third-order valence-corrected chi connectivity index (χ3v) is 9.63. The smallest absolute Gasteiger partial charge is 0.324 e. The number of benzene rings is 2. The van der Waals surface area contributed by atoms with Crippen molar-refractivity contribution >= 4 is 52.2 Å². The van der Waals surface area contributed by atoms with Crippen LogP contribution in [0.25, 0.3) is 0 Å². The number of imide groups is 1. The summed E-state index contributed by atoms with van der Waals surface area (Å²) >= 11 is 1.92. The first-order valence-electron chi connectivity index (χ1n) is 11.6. The number of thioether (sulfide) groups is 1. The third kappa shape index (κ3) is 4.25. The fourth-order valence-electron chi connectivity index (χ4n) is 4.89. The van der Waals surface area contributed by atoms with E-state index in [1.54, 1.807) is 38.1 Å². The van der Waals surface area contributed by atoms with E-state index in [9.17, 15) is 32.3 Å². The van der Waals surface area contributed by atoms with E-state index in [1.807, 2.05) is 6.92 Å². The first kappa shape index (κ1) is 26.2. The minimum absolute atomic E-state index is 0.360. The molecule has 1 aromatic heterocycles. The predicted octanol–water partition coefficient (Wildman–Crippen LogP) is 4.82. The van der Waals surface area contributed by atoms with Crippen LogP contribution >= 0.6 is 23.1 Å². The van der Waals surface area contributed by atoms with Crippen molar-refractivity contribution in [1.29, 1.82) is 0 Å². The number of hydrogen-bond donors (Lipinski definition) is 1. The number of thiazole rings is 1. The van der Waals surface area contributed by atoms with Gasteiger partial charge in [-0.05, 0) is 31.2 Å². The molecule has 0 aliphatic carbocycles. The number of carbonyl (C=O) groups excluding carboxylic acids is 3. The van der Waals surface area contributed by atoms with Gasteiger partial charge in [0.25, 0.3) is 0 Å². The standard InChI is InChI=1S/C26H22F3N3O4S2/c1-13-8-10-14(11-9-13)32-21(34)18-19(22(32)35)37-23-20(25(18,2)3)38-24(36)31(23)12-17(33)30-16-7-5-4-6-15(16)26(27,28)29/h4-11,18-19H,12H2,1-3H3,(H,30,33). The van der Waals surface area contributed by atoms with Crippen LogP contribution in [0.1, 0.15) is 29.9 Å². The summed E-state index contributed by atoms with van der Waals surface area (Å²) in [6.07, 6.45) is -4.67. The SMILES string of the molecule is Cc1ccc(N2C(=O)C3Sc4c(sc(=O)n4CC(=O)Nc4ccccc4C(F)(F)F)C(C)(C)C3C2=O)cc1. The maximum Gasteiger partial charge on any atom is 0.418 e. The van der Waals surface area contributed by atoms with Crippen LogP contribution in [0, 0.1) is 12.8 Å². The lowest BCUT2D eigenvalue weighted by Crippen LogP contribution is -2.42. The summed E-state index contributed by atoms with van der Waals surface area (Å²) in [4.78, 5) is 53.9. The Kier molecular flexibility index (Phi) is 6.30. The van der Waals surface area contributed by atoms with E-state index in [-0.39, 0.29) is 5.91 Å². The average Bonchev–Trinajstić information content (AvgIpc) is 3.28. The lowest BCUT2D eigenvalue weighted by atomic mass is 9.76. The van der Waals surface area contributed by atoms with E-state index < -0.39 is 57.2 Å². The second kappa shape index (κ2) is 9.12. The van der Waals surface area contributed by atoms with Gasteiger partial charge < -0.3 is 5.32 Å². The molecule has 38 heavy (non-hydrogen) atoms. The van der Waals surface area contributed by atoms with Crippen molar-refractivity contribution in [2.24, 2.45) is 5.92 Å². The van der Waals surface area contributed by atoms with Gasteiger partial charge in [-0.3, -0.25) is 23.7 Å². The first-order chi connectivity index (χ1) is 17.8. The van der Waals surface area contributed by atoms with Crippen LogP contribution in [0.2, 0.25) is 0 Å². The molecule has 1 fully saturated rings. The molecule has 3 amide bonds. The molecule has 2 aliphatic heterocycles. The van der Waals surface area contributed by atoms with Crippen molar-refractivity contribution < 1.29 is 27.6 Å². The van der Waals surface area contributed by atoms with Gasteiger partial charge in [-0.2, -0.15) is 13.2 Å². The Bertz CT molecular complexity index is 1530. The summed E-state index contributed by atoms with van der Waals surface area (Å²) in [5.41, 5.74) is -0.883. The number of aryl methyl sites for hydroxylation is 1. The molecule has 0 radical (unpaired) electrons. The van der Waals surface area contributed by atoms with E-state index in [1.165, 1.54) is 21.6 Å². The van der Waals surface area contributed by atoms with Crippen LogP contribution in [0.3, 0.4) is 0 Å². The molecule has 1 N–H and O–H groups in total. The van der Waals surface area contributed by atoms with Gasteiger partial charge in [0.1, 0.15) is 11.8 Å². The van der Waals surface area contributed by atoms with E-state index in [2.05, 4.69) is 5.32 Å². The second-order valence-corrected chi connectivity index (χ2v) is 11.9. The summed E-state index contributed by atoms with van der Waals surface area (Å²) < 4.78 is 41.2. The Morgan fingerprint density at radius 1 is 1.03 bits per heavy atom. The van der Waals surface area contributed by atoms with Crippen LogP contribution < -0.4 is 15.1 Å². The molecule has 2 aromatic carbocycles. The predicted molar refractivity (Wildman–Crippen MR) is 138 cm³/mol. The zero-order valence-corrected chi connectivity index (χ0v) is 22.1. The Morgan fingerprint density at radius 3 is 2.34 bits per heavy atom. The number of rotatable bonds is 4. The van der Waals surface area contributed by atoms with Gasteiger partial charge >= 0.3 is 11.0 Å². The lowest BCUT2D eigenvalue weighted by molar-refractivity contribution is -0.137. The zero-order chi connectivity index (χ0) is 27.6. The summed E-state index contributed by atoms with van der Waals surface area (Å²) in [6.45, 7) is 4.92. The maximum atomic E-state index is 13.5. The van der Waals surface area contributed by atoms with Crippen LogP contribution in [0.5, 0.6) is 0 Å². The average molecular weight is 562 g/mol. The molecule has 0 bridgehead atoms. The Balaban J connectivity index is 1.46. The number of fused-ring (bicyclic) bond motifs is 2. The van der Waals surface area contributed by atoms with Gasteiger partial charge in [-0.15, -0.1) is 0 Å². The van der Waals surface area contributed by atoms with Crippen molar-refractivity contribution in [2.45, 2.75) is 49.2 Å². The minimum atomic E-state index is -4.67. The molecule has 5 rings (SSSR count). The molecule has 0 spiro atoms. The number of amides is 3. The van der Waals surface area contributed by atoms with Crippen molar-refractivity contribution in [3.8, 4) is 0 Å². The lowest BCUT2D eigenvalue weighted by Gasteiger charge is -2.36. The van der Waals surface area contributed by atoms with Gasteiger partial charge in [0, 0.05) is 10.3 Å². The number of nitrogens with zero attached hydrogens (tertiary/aromatic N) is 2. The molecule has 7 nitrogen and oxygen atoms in total. The highest BCUT2D eigenvalue weighted by atomic mass is 32.2. The van der Waals surface area contributed by atoms with Crippen LogP contribution in [0.4, 0.5) is 24.5 Å². The molecule has 3 heterocycles. The normalized spacial score (nSPS) is 20.3. The van der Waals surface area contributed by atoms with Gasteiger partial charge in [0.05, 0.1) is 27.9 Å². The van der Waals surface area contributed by atoms with Gasteiger partial charge in [-0.1, -0.05) is 66.8 Å². The van der Waals surface area contributed by atoms with Crippen LogP contribution in [-0.2, 0) is 32.5 Å². The molecular weight excluding hydrogens is 539 g/mol. The van der Waals surface area contributed by atoms with Crippen molar-refractivity contribution in [1.82, 2.24) is 4.57 Å². The third-order valence-electron chi connectivity index (χ3n) is 6.80. The maximum absolute atomic E-state index is 13.5. The van der Waals surface area contributed by atoms with Crippen molar-refractivity contribution in [3.63, 3.8) is 0 Å². The second-order valence-electron chi connectivity index (χ2n) is 9.77. The molecule has 0 saturated carbocycles. The van der Waals surface area contributed by atoms with Crippen molar-refractivity contribution in [2.75, 3.05) is 10.2 Å². The number of alkyl halides is 3. The molecule has 2 atom stereocenters. The fourth-order valence-corrected chi connectivity index (χ4v) is 7.93. The number of anilines is 2. The topological polar surface area (TPSA) is 88.5 Å². The van der Waals surface area contributed by atoms with E-state index >= 15 is 0 Å². The molecule has 3 aromatic rings. The number of hydrogen-bond acceptors (Lipinski definition) is 6. The summed E-state index contributed by atoms with van der Waals surface area (Å²) in [6, 6.07) is 11.6. The summed E-state index contributed by atoms with van der Waals surface area (Å²) in [5, 5.41) is 1.81. The van der Waals surface area contributed by atoms with E-state index in [0.717, 1.165) is 40.8 Å². The van der Waals surface area contributed by atoms with E-state index in [0.29, 0.717) is 15.6 Å². The quantitative estimate of drug-likeness (QED) is 0.462. The highest BCUT2D eigenvalue weighted by molar-refractivity contribution is 8.00. The fraction of sp³-hybridized carbons (Fsp3) is 0.308. The molecule has 2 unspecified atom stereocenters. The summed E-state index contributed by atoms with van der Waals surface area (Å²) in [7, 11) is 0. The summed E-state index contributed by atoms with van der Waals surface area (Å²) in [5.74, 6) is -2.32. The Hall–Kier alpha value is -3.38. The largest absolute Gasteiger partial charge is 0.418 e. The molecular formula is C26H22F3N3O4S2. The first-order valence-corrected chi connectivity index (χ1v) is 13.3. The molecule has 198 valence electrons. The molecule has 2 aliphatic rings. The highest BCUT2D eigenvalue weighted by Gasteiger charge is 2.59. The van der Waals surface area contributed by atoms with Gasteiger partial charge in [0.15, 0.2) is 0 Å². The highest BCUT2D eigenvalue weighted by Crippen LogP contribution is 2.54. The number of aromatic nitrogens is 1.